The topological polar surface area (TPSA) is 90.4 Å². The Morgan fingerprint density at radius 2 is 2.15 bits per heavy atom. The number of ether oxygens (including phenoxy) is 2. The highest BCUT2D eigenvalue weighted by molar-refractivity contribution is 8.00. The smallest absolute Gasteiger partial charge is 0.317 e. The van der Waals surface area contributed by atoms with Gasteiger partial charge < -0.3 is 14.8 Å². The van der Waals surface area contributed by atoms with Crippen LogP contribution < -0.4 is 10.1 Å². The van der Waals surface area contributed by atoms with Crippen LogP contribution in [0.15, 0.2) is 47.1 Å². The SMILES string of the molecule is COc1cccc(NC(=O)[C@@H](C)OC(=O)CSc2ncnc3sccc23)c1. The monoisotopic (exact) mass is 403 g/mol. The molecule has 0 saturated carbocycles. The van der Waals surface area contributed by atoms with E-state index in [0.717, 1.165) is 10.2 Å². The van der Waals surface area contributed by atoms with Gasteiger partial charge in [-0.1, -0.05) is 17.8 Å². The summed E-state index contributed by atoms with van der Waals surface area (Å²) in [5.74, 6) is -0.226. The molecule has 3 aromatic rings. The van der Waals surface area contributed by atoms with E-state index >= 15 is 0 Å². The van der Waals surface area contributed by atoms with Gasteiger partial charge in [-0.15, -0.1) is 11.3 Å². The Kier molecular flexibility index (Phi) is 6.25. The van der Waals surface area contributed by atoms with Crippen molar-refractivity contribution in [1.82, 2.24) is 9.97 Å². The number of fused-ring (bicyclic) bond motifs is 1. The largest absolute Gasteiger partial charge is 0.497 e. The minimum atomic E-state index is -0.920. The van der Waals surface area contributed by atoms with Crippen LogP contribution in [0.2, 0.25) is 0 Å². The van der Waals surface area contributed by atoms with Crippen molar-refractivity contribution in [1.29, 1.82) is 0 Å². The predicted molar refractivity (Wildman–Crippen MR) is 105 cm³/mol. The molecule has 0 unspecified atom stereocenters. The summed E-state index contributed by atoms with van der Waals surface area (Å²) >= 11 is 2.77. The maximum absolute atomic E-state index is 12.2. The minimum absolute atomic E-state index is 0.0543. The zero-order chi connectivity index (χ0) is 19.2. The van der Waals surface area contributed by atoms with Gasteiger partial charge in [-0.25, -0.2) is 9.97 Å². The summed E-state index contributed by atoms with van der Waals surface area (Å²) < 4.78 is 10.3. The molecule has 1 amide bonds. The number of nitrogens with one attached hydrogen (secondary N) is 1. The van der Waals surface area contributed by atoms with Crippen LogP contribution in [-0.2, 0) is 14.3 Å². The molecule has 0 radical (unpaired) electrons. The van der Waals surface area contributed by atoms with Gasteiger partial charge in [-0.05, 0) is 30.5 Å². The second-order valence-electron chi connectivity index (χ2n) is 5.46. The van der Waals surface area contributed by atoms with E-state index in [0.29, 0.717) is 16.5 Å². The Bertz CT molecular complexity index is 960. The van der Waals surface area contributed by atoms with Crippen molar-refractivity contribution >= 4 is 50.9 Å². The Labute approximate surface area is 164 Å². The molecular formula is C18H17N3O4S2. The van der Waals surface area contributed by atoms with Crippen molar-refractivity contribution in [3.63, 3.8) is 0 Å². The lowest BCUT2D eigenvalue weighted by molar-refractivity contribution is -0.150. The first-order valence-electron chi connectivity index (χ1n) is 8.02. The van der Waals surface area contributed by atoms with E-state index in [2.05, 4.69) is 15.3 Å². The highest BCUT2D eigenvalue weighted by atomic mass is 32.2. The van der Waals surface area contributed by atoms with Gasteiger partial charge in [0.1, 0.15) is 21.9 Å². The number of anilines is 1. The number of thioether (sulfide) groups is 1. The molecule has 0 spiro atoms. The van der Waals surface area contributed by atoms with Gasteiger partial charge in [0.25, 0.3) is 5.91 Å². The molecule has 7 nitrogen and oxygen atoms in total. The lowest BCUT2D eigenvalue weighted by Crippen LogP contribution is -2.30. The Morgan fingerprint density at radius 3 is 2.96 bits per heavy atom. The zero-order valence-corrected chi connectivity index (χ0v) is 16.3. The molecule has 0 aliphatic carbocycles. The van der Waals surface area contributed by atoms with Crippen LogP contribution in [0.5, 0.6) is 5.75 Å². The highest BCUT2D eigenvalue weighted by Gasteiger charge is 2.19. The number of rotatable bonds is 7. The number of hydrogen-bond donors (Lipinski definition) is 1. The number of thiophene rings is 1. The molecule has 0 bridgehead atoms. The van der Waals surface area contributed by atoms with E-state index in [1.54, 1.807) is 31.4 Å². The Hall–Kier alpha value is -2.65. The first-order chi connectivity index (χ1) is 13.1. The second kappa shape index (κ2) is 8.83. The maximum atomic E-state index is 12.2. The number of methoxy groups -OCH3 is 1. The zero-order valence-electron chi connectivity index (χ0n) is 14.7. The van der Waals surface area contributed by atoms with Gasteiger partial charge in [0.15, 0.2) is 6.10 Å². The van der Waals surface area contributed by atoms with Gasteiger partial charge in [0.05, 0.1) is 12.9 Å². The van der Waals surface area contributed by atoms with E-state index < -0.39 is 18.0 Å². The Balaban J connectivity index is 1.52. The van der Waals surface area contributed by atoms with Gasteiger partial charge in [0, 0.05) is 17.1 Å². The number of aromatic nitrogens is 2. The molecule has 1 atom stereocenters. The van der Waals surface area contributed by atoms with Crippen molar-refractivity contribution in [2.45, 2.75) is 18.1 Å². The van der Waals surface area contributed by atoms with E-state index in [4.69, 9.17) is 9.47 Å². The van der Waals surface area contributed by atoms with E-state index in [1.807, 2.05) is 11.4 Å². The van der Waals surface area contributed by atoms with E-state index in [-0.39, 0.29) is 5.75 Å². The Morgan fingerprint density at radius 1 is 1.30 bits per heavy atom. The van der Waals surface area contributed by atoms with Crippen LogP contribution in [-0.4, -0.2) is 40.8 Å². The third kappa shape index (κ3) is 4.95. The maximum Gasteiger partial charge on any atom is 0.317 e. The fourth-order valence-corrected chi connectivity index (χ4v) is 3.80. The third-order valence-electron chi connectivity index (χ3n) is 3.57. The molecule has 140 valence electrons. The first-order valence-corrected chi connectivity index (χ1v) is 9.88. The highest BCUT2D eigenvalue weighted by Crippen LogP contribution is 2.27. The molecule has 0 saturated heterocycles. The summed E-state index contributed by atoms with van der Waals surface area (Å²) in [6, 6.07) is 8.86. The van der Waals surface area contributed by atoms with Gasteiger partial charge in [-0.3, -0.25) is 9.59 Å². The summed E-state index contributed by atoms with van der Waals surface area (Å²) in [7, 11) is 1.55. The molecule has 0 fully saturated rings. The standard InChI is InChI=1S/C18H17N3O4S2/c1-11(16(23)21-12-4-3-5-13(8-12)24-2)25-15(22)9-27-18-14-6-7-26-17(14)19-10-20-18/h3-8,10-11H,9H2,1-2H3,(H,21,23)/t11-/m1/s1. The predicted octanol–water partition coefficient (Wildman–Crippen LogP) is 3.36. The minimum Gasteiger partial charge on any atom is -0.497 e. The third-order valence-corrected chi connectivity index (χ3v) is 5.37. The van der Waals surface area contributed by atoms with Crippen molar-refractivity contribution in [2.24, 2.45) is 0 Å². The molecule has 27 heavy (non-hydrogen) atoms. The molecule has 1 N–H and O–H groups in total. The quantitative estimate of drug-likeness (QED) is 0.367. The number of amides is 1. The number of carbonyl (C=O) groups is 2. The fraction of sp³-hybridized carbons (Fsp3) is 0.222. The van der Waals surface area contributed by atoms with Crippen LogP contribution >= 0.6 is 23.1 Å². The summed E-state index contributed by atoms with van der Waals surface area (Å²) in [6.45, 7) is 1.53. The summed E-state index contributed by atoms with van der Waals surface area (Å²) in [6.07, 6.45) is 0.548. The fourth-order valence-electron chi connectivity index (χ4n) is 2.24. The molecule has 2 heterocycles. The summed E-state index contributed by atoms with van der Waals surface area (Å²) in [5.41, 5.74) is 0.567. The molecule has 2 aromatic heterocycles. The lowest BCUT2D eigenvalue weighted by Gasteiger charge is -2.14. The van der Waals surface area contributed by atoms with E-state index in [9.17, 15) is 9.59 Å². The van der Waals surface area contributed by atoms with Gasteiger partial charge >= 0.3 is 5.97 Å². The number of nitrogens with zero attached hydrogens (tertiary/aromatic N) is 2. The molecule has 9 heteroatoms. The van der Waals surface area contributed by atoms with Crippen LogP contribution in [0.1, 0.15) is 6.92 Å². The van der Waals surface area contributed by atoms with E-state index in [1.165, 1.54) is 36.3 Å². The lowest BCUT2D eigenvalue weighted by atomic mass is 10.3. The van der Waals surface area contributed by atoms with Crippen molar-refractivity contribution in [2.75, 3.05) is 18.2 Å². The van der Waals surface area contributed by atoms with Crippen molar-refractivity contribution in [3.8, 4) is 5.75 Å². The molecule has 3 rings (SSSR count). The van der Waals surface area contributed by atoms with Crippen molar-refractivity contribution in [3.05, 3.63) is 42.0 Å². The number of hydrogen-bond acceptors (Lipinski definition) is 8. The molecule has 0 aliphatic heterocycles. The first kappa shape index (κ1) is 19.1. The average Bonchev–Trinajstić information content (AvgIpc) is 3.15. The summed E-state index contributed by atoms with van der Waals surface area (Å²) in [4.78, 5) is 33.5. The molecular weight excluding hydrogens is 386 g/mol. The average molecular weight is 403 g/mol. The molecule has 0 aliphatic rings. The number of carbonyl (C=O) groups excluding carboxylic acids is 2. The van der Waals surface area contributed by atoms with Crippen LogP contribution in [0, 0.1) is 0 Å². The second-order valence-corrected chi connectivity index (χ2v) is 7.32. The number of esters is 1. The van der Waals surface area contributed by atoms with Crippen LogP contribution in [0.25, 0.3) is 10.2 Å². The van der Waals surface area contributed by atoms with Gasteiger partial charge in [-0.2, -0.15) is 0 Å². The van der Waals surface area contributed by atoms with Crippen LogP contribution in [0.4, 0.5) is 5.69 Å². The normalized spacial score (nSPS) is 11.8. The molecule has 1 aromatic carbocycles. The summed E-state index contributed by atoms with van der Waals surface area (Å²) in [5, 5.41) is 6.24. The van der Waals surface area contributed by atoms with Gasteiger partial charge in [0.2, 0.25) is 0 Å². The number of benzene rings is 1. The van der Waals surface area contributed by atoms with Crippen molar-refractivity contribution < 1.29 is 19.1 Å². The van der Waals surface area contributed by atoms with Crippen LogP contribution in [0.3, 0.4) is 0 Å².